The van der Waals surface area contributed by atoms with E-state index in [1.165, 1.54) is 12.1 Å². The van der Waals surface area contributed by atoms with Gasteiger partial charge < -0.3 is 9.73 Å². The van der Waals surface area contributed by atoms with Gasteiger partial charge in [-0.1, -0.05) is 35.4 Å². The lowest BCUT2D eigenvalue weighted by atomic mass is 10.2. The number of benzene rings is 2. The van der Waals surface area contributed by atoms with Crippen LogP contribution in [0.15, 0.2) is 59.0 Å². The van der Waals surface area contributed by atoms with Crippen molar-refractivity contribution in [3.8, 4) is 11.5 Å². The monoisotopic (exact) mass is 269 g/mol. The molecule has 100 valence electrons. The van der Waals surface area contributed by atoms with Gasteiger partial charge in [-0.25, -0.2) is 4.39 Å². The highest BCUT2D eigenvalue weighted by Gasteiger charge is 2.08. The number of halogens is 1. The topological polar surface area (TPSA) is 51.0 Å². The molecular formula is C15H12FN3O. The van der Waals surface area contributed by atoms with Crippen LogP contribution < -0.4 is 5.32 Å². The summed E-state index contributed by atoms with van der Waals surface area (Å²) < 4.78 is 18.3. The zero-order chi connectivity index (χ0) is 13.8. The summed E-state index contributed by atoms with van der Waals surface area (Å²) in [4.78, 5) is 0. The highest BCUT2D eigenvalue weighted by Crippen LogP contribution is 2.20. The lowest BCUT2D eigenvalue weighted by molar-refractivity contribution is 0.580. The zero-order valence-electron chi connectivity index (χ0n) is 10.6. The molecule has 0 fully saturated rings. The minimum atomic E-state index is -0.296. The summed E-state index contributed by atoms with van der Waals surface area (Å²) in [6.07, 6.45) is 0. The largest absolute Gasteiger partial charge is 0.403 e. The molecule has 3 rings (SSSR count). The molecule has 4 nitrogen and oxygen atoms in total. The molecule has 3 aromatic rings. The van der Waals surface area contributed by atoms with Gasteiger partial charge in [0.05, 0.1) is 0 Å². The van der Waals surface area contributed by atoms with Crippen molar-refractivity contribution >= 4 is 6.01 Å². The predicted octanol–water partition coefficient (Wildman–Crippen LogP) is 3.49. The van der Waals surface area contributed by atoms with Crippen LogP contribution in [-0.2, 0) is 6.54 Å². The standard InChI is InChI=1S/C15H12FN3O/c16-13-8-6-12(7-9-13)14-18-19-15(20-14)17-10-11-4-2-1-3-5-11/h1-9H,10H2,(H,17,19). The van der Waals surface area contributed by atoms with Crippen LogP contribution in [-0.4, -0.2) is 10.2 Å². The summed E-state index contributed by atoms with van der Waals surface area (Å²) >= 11 is 0. The molecule has 20 heavy (non-hydrogen) atoms. The molecule has 0 saturated carbocycles. The van der Waals surface area contributed by atoms with Crippen LogP contribution in [0, 0.1) is 5.82 Å². The lowest BCUT2D eigenvalue weighted by Gasteiger charge is -2.00. The molecule has 0 aliphatic carbocycles. The van der Waals surface area contributed by atoms with Crippen LogP contribution in [0.1, 0.15) is 5.56 Å². The summed E-state index contributed by atoms with van der Waals surface area (Å²) in [5, 5.41) is 10.9. The zero-order valence-corrected chi connectivity index (χ0v) is 10.6. The Balaban J connectivity index is 1.69. The molecule has 0 spiro atoms. The maximum atomic E-state index is 12.8. The molecule has 0 saturated heterocycles. The summed E-state index contributed by atoms with van der Waals surface area (Å²) in [6, 6.07) is 16.2. The molecule has 0 aliphatic rings. The van der Waals surface area contributed by atoms with E-state index in [2.05, 4.69) is 15.5 Å². The van der Waals surface area contributed by atoms with Crippen LogP contribution >= 0.6 is 0 Å². The fourth-order valence-electron chi connectivity index (χ4n) is 1.78. The van der Waals surface area contributed by atoms with Gasteiger partial charge in [-0.05, 0) is 29.8 Å². The van der Waals surface area contributed by atoms with Crippen molar-refractivity contribution in [1.82, 2.24) is 10.2 Å². The molecule has 0 unspecified atom stereocenters. The Kier molecular flexibility index (Phi) is 3.41. The van der Waals surface area contributed by atoms with Gasteiger partial charge in [0.25, 0.3) is 0 Å². The molecule has 0 atom stereocenters. The third kappa shape index (κ3) is 2.83. The average molecular weight is 269 g/mol. The Hall–Kier alpha value is -2.69. The number of hydrogen-bond donors (Lipinski definition) is 1. The van der Waals surface area contributed by atoms with Crippen molar-refractivity contribution in [2.75, 3.05) is 5.32 Å². The van der Waals surface area contributed by atoms with Crippen LogP contribution in [0.25, 0.3) is 11.5 Å². The van der Waals surface area contributed by atoms with Crippen LogP contribution in [0.3, 0.4) is 0 Å². The van der Waals surface area contributed by atoms with E-state index in [1.54, 1.807) is 12.1 Å². The summed E-state index contributed by atoms with van der Waals surface area (Å²) in [5.41, 5.74) is 1.81. The second-order valence-corrected chi connectivity index (χ2v) is 4.26. The van der Waals surface area contributed by atoms with Gasteiger partial charge in [-0.3, -0.25) is 0 Å². The normalized spacial score (nSPS) is 10.4. The fraction of sp³-hybridized carbons (Fsp3) is 0.0667. The van der Waals surface area contributed by atoms with Crippen LogP contribution in [0.2, 0.25) is 0 Å². The molecule has 5 heteroatoms. The number of nitrogens with one attached hydrogen (secondary N) is 1. The molecule has 0 aliphatic heterocycles. The number of nitrogens with zero attached hydrogens (tertiary/aromatic N) is 2. The third-order valence-electron chi connectivity index (χ3n) is 2.80. The van der Waals surface area contributed by atoms with Crippen molar-refractivity contribution in [3.05, 3.63) is 66.0 Å². The Morgan fingerprint density at radius 1 is 0.950 bits per heavy atom. The van der Waals surface area contributed by atoms with E-state index in [1.807, 2.05) is 30.3 Å². The smallest absolute Gasteiger partial charge is 0.316 e. The van der Waals surface area contributed by atoms with E-state index in [0.717, 1.165) is 5.56 Å². The van der Waals surface area contributed by atoms with Crippen molar-refractivity contribution in [2.24, 2.45) is 0 Å². The van der Waals surface area contributed by atoms with E-state index in [9.17, 15) is 4.39 Å². The maximum Gasteiger partial charge on any atom is 0.316 e. The van der Waals surface area contributed by atoms with Gasteiger partial charge >= 0.3 is 6.01 Å². The molecule has 1 heterocycles. The second kappa shape index (κ2) is 5.52. The van der Waals surface area contributed by atoms with Crippen molar-refractivity contribution in [1.29, 1.82) is 0 Å². The number of aromatic nitrogens is 2. The van der Waals surface area contributed by atoms with E-state index >= 15 is 0 Å². The third-order valence-corrected chi connectivity index (χ3v) is 2.80. The molecule has 0 amide bonds. The van der Waals surface area contributed by atoms with Gasteiger partial charge in [0.2, 0.25) is 5.89 Å². The summed E-state index contributed by atoms with van der Waals surface area (Å²) in [6.45, 7) is 0.603. The number of anilines is 1. The molecule has 2 aromatic carbocycles. The van der Waals surface area contributed by atoms with Crippen molar-refractivity contribution in [2.45, 2.75) is 6.54 Å². The van der Waals surface area contributed by atoms with Crippen molar-refractivity contribution < 1.29 is 8.81 Å². The first-order valence-corrected chi connectivity index (χ1v) is 6.18. The highest BCUT2D eigenvalue weighted by molar-refractivity contribution is 5.53. The minimum Gasteiger partial charge on any atom is -0.403 e. The second-order valence-electron chi connectivity index (χ2n) is 4.26. The van der Waals surface area contributed by atoms with Gasteiger partial charge in [0, 0.05) is 12.1 Å². The molecule has 1 aromatic heterocycles. The minimum absolute atomic E-state index is 0.296. The molecule has 0 bridgehead atoms. The van der Waals surface area contributed by atoms with Crippen molar-refractivity contribution in [3.63, 3.8) is 0 Å². The Labute approximate surface area is 115 Å². The van der Waals surface area contributed by atoms with Crippen LogP contribution in [0.5, 0.6) is 0 Å². The lowest BCUT2D eigenvalue weighted by Crippen LogP contribution is -1.98. The van der Waals surface area contributed by atoms with E-state index < -0.39 is 0 Å². The fourth-order valence-corrected chi connectivity index (χ4v) is 1.78. The van der Waals surface area contributed by atoms with Gasteiger partial charge in [-0.2, -0.15) is 0 Å². The Bertz CT molecular complexity index is 680. The first kappa shape index (κ1) is 12.3. The number of rotatable bonds is 4. The predicted molar refractivity (Wildman–Crippen MR) is 73.5 cm³/mol. The van der Waals surface area contributed by atoms with Crippen LogP contribution in [0.4, 0.5) is 10.4 Å². The molecule has 1 N–H and O–H groups in total. The van der Waals surface area contributed by atoms with E-state index in [0.29, 0.717) is 24.0 Å². The first-order chi connectivity index (χ1) is 9.81. The van der Waals surface area contributed by atoms with E-state index in [-0.39, 0.29) is 5.82 Å². The Morgan fingerprint density at radius 2 is 1.70 bits per heavy atom. The van der Waals surface area contributed by atoms with E-state index in [4.69, 9.17) is 4.42 Å². The SMILES string of the molecule is Fc1ccc(-c2nnc(NCc3ccccc3)o2)cc1. The van der Waals surface area contributed by atoms with Gasteiger partial charge in [0.1, 0.15) is 5.82 Å². The maximum absolute atomic E-state index is 12.8. The highest BCUT2D eigenvalue weighted by atomic mass is 19.1. The summed E-state index contributed by atoms with van der Waals surface area (Å²) in [7, 11) is 0. The number of hydrogen-bond acceptors (Lipinski definition) is 4. The quantitative estimate of drug-likeness (QED) is 0.787. The first-order valence-electron chi connectivity index (χ1n) is 6.18. The summed E-state index contributed by atoms with van der Waals surface area (Å²) in [5.74, 6) is 0.0660. The molecule has 0 radical (unpaired) electrons. The van der Waals surface area contributed by atoms with Gasteiger partial charge in [-0.15, -0.1) is 5.10 Å². The Morgan fingerprint density at radius 3 is 2.45 bits per heavy atom. The average Bonchev–Trinajstić information content (AvgIpc) is 2.96. The van der Waals surface area contributed by atoms with Gasteiger partial charge in [0.15, 0.2) is 0 Å². The molecular weight excluding hydrogens is 257 g/mol.